The quantitative estimate of drug-likeness (QED) is 0.769. The zero-order valence-electron chi connectivity index (χ0n) is 11.3. The van der Waals surface area contributed by atoms with E-state index in [0.717, 1.165) is 0 Å². The molecule has 18 heavy (non-hydrogen) atoms. The summed E-state index contributed by atoms with van der Waals surface area (Å²) in [4.78, 5) is 16.3. The summed E-state index contributed by atoms with van der Waals surface area (Å²) < 4.78 is 1.56. The van der Waals surface area contributed by atoms with Gasteiger partial charge in [-0.2, -0.15) is 0 Å². The van der Waals surface area contributed by atoms with Crippen molar-refractivity contribution >= 4 is 5.91 Å². The molecule has 0 aliphatic heterocycles. The Morgan fingerprint density at radius 3 is 2.22 bits per heavy atom. The van der Waals surface area contributed by atoms with Gasteiger partial charge in [0.2, 0.25) is 0 Å². The molecule has 2 aromatic rings. The van der Waals surface area contributed by atoms with Crippen LogP contribution in [0.1, 0.15) is 42.5 Å². The Hall–Kier alpha value is -1.90. The van der Waals surface area contributed by atoms with E-state index in [4.69, 9.17) is 0 Å². The largest absolute Gasteiger partial charge is 0.270 e. The first kappa shape index (κ1) is 12.6. The molecule has 0 saturated carbocycles. The first-order valence-electron chi connectivity index (χ1n) is 6.05. The maximum Gasteiger partial charge on any atom is 0.263 e. The number of aromatic nitrogens is 2. The zero-order valence-corrected chi connectivity index (χ0v) is 11.3. The van der Waals surface area contributed by atoms with Crippen molar-refractivity contribution in [1.29, 1.82) is 0 Å². The number of nitrogens with zero attached hydrogens (tertiary/aromatic N) is 2. The predicted molar refractivity (Wildman–Crippen MR) is 71.8 cm³/mol. The number of rotatable bonds is 1. The lowest BCUT2D eigenvalue weighted by Crippen LogP contribution is -2.14. The summed E-state index contributed by atoms with van der Waals surface area (Å²) in [5.41, 5.74) is 2.01. The lowest BCUT2D eigenvalue weighted by molar-refractivity contribution is 0.0957. The topological polar surface area (TPSA) is 34.9 Å². The molecule has 1 aromatic heterocycles. The Bertz CT molecular complexity index is 559. The molecule has 0 aliphatic carbocycles. The van der Waals surface area contributed by atoms with Crippen molar-refractivity contribution in [3.05, 3.63) is 53.6 Å². The Morgan fingerprint density at radius 1 is 1.17 bits per heavy atom. The molecule has 0 unspecified atom stereocenters. The second-order valence-corrected chi connectivity index (χ2v) is 5.48. The molecule has 0 amide bonds. The SMILES string of the molecule is Cc1nccn1C(=O)c1ccc(C(C)(C)C)cc1. The second kappa shape index (κ2) is 4.41. The van der Waals surface area contributed by atoms with Crippen molar-refractivity contribution < 1.29 is 4.79 Å². The van der Waals surface area contributed by atoms with Gasteiger partial charge < -0.3 is 0 Å². The molecule has 3 heteroatoms. The Kier molecular flexibility index (Phi) is 3.07. The van der Waals surface area contributed by atoms with Crippen LogP contribution in [0, 0.1) is 6.92 Å². The first-order valence-corrected chi connectivity index (χ1v) is 6.05. The first-order chi connectivity index (χ1) is 8.39. The van der Waals surface area contributed by atoms with E-state index in [1.54, 1.807) is 17.0 Å². The fourth-order valence-electron chi connectivity index (χ4n) is 1.84. The molecule has 0 bridgehead atoms. The normalized spacial score (nSPS) is 11.6. The van der Waals surface area contributed by atoms with Crippen molar-refractivity contribution in [2.24, 2.45) is 0 Å². The van der Waals surface area contributed by atoms with Gasteiger partial charge in [-0.05, 0) is 30.0 Å². The van der Waals surface area contributed by atoms with Crippen LogP contribution in [0.25, 0.3) is 0 Å². The van der Waals surface area contributed by atoms with Crippen LogP contribution in [0.2, 0.25) is 0 Å². The van der Waals surface area contributed by atoms with Crippen LogP contribution in [-0.2, 0) is 5.41 Å². The van der Waals surface area contributed by atoms with Crippen molar-refractivity contribution in [2.45, 2.75) is 33.1 Å². The molecule has 0 fully saturated rings. The van der Waals surface area contributed by atoms with Crippen LogP contribution in [-0.4, -0.2) is 15.5 Å². The summed E-state index contributed by atoms with van der Waals surface area (Å²) >= 11 is 0. The van der Waals surface area contributed by atoms with Gasteiger partial charge >= 0.3 is 0 Å². The smallest absolute Gasteiger partial charge is 0.263 e. The van der Waals surface area contributed by atoms with E-state index in [9.17, 15) is 4.79 Å². The Balaban J connectivity index is 2.31. The number of aryl methyl sites for hydroxylation is 1. The molecule has 0 N–H and O–H groups in total. The number of hydrogen-bond acceptors (Lipinski definition) is 2. The van der Waals surface area contributed by atoms with Crippen LogP contribution in [0.3, 0.4) is 0 Å². The minimum atomic E-state index is -0.0366. The van der Waals surface area contributed by atoms with Crippen LogP contribution < -0.4 is 0 Å². The molecule has 0 aliphatic rings. The fraction of sp³-hybridized carbons (Fsp3) is 0.333. The van der Waals surface area contributed by atoms with E-state index in [-0.39, 0.29) is 11.3 Å². The second-order valence-electron chi connectivity index (χ2n) is 5.48. The van der Waals surface area contributed by atoms with Gasteiger partial charge in [-0.1, -0.05) is 32.9 Å². The lowest BCUT2D eigenvalue weighted by atomic mass is 9.87. The van der Waals surface area contributed by atoms with E-state index < -0.39 is 0 Å². The van der Waals surface area contributed by atoms with E-state index >= 15 is 0 Å². The summed E-state index contributed by atoms with van der Waals surface area (Å²) in [5.74, 6) is 0.672. The van der Waals surface area contributed by atoms with Crippen molar-refractivity contribution in [2.75, 3.05) is 0 Å². The third kappa shape index (κ3) is 2.35. The highest BCUT2D eigenvalue weighted by Crippen LogP contribution is 2.22. The summed E-state index contributed by atoms with van der Waals surface area (Å²) in [6, 6.07) is 7.78. The summed E-state index contributed by atoms with van der Waals surface area (Å²) in [6.07, 6.45) is 3.33. The van der Waals surface area contributed by atoms with Gasteiger partial charge in [-0.3, -0.25) is 9.36 Å². The standard InChI is InChI=1S/C15H18N2O/c1-11-16-9-10-17(11)14(18)12-5-7-13(8-6-12)15(2,3)4/h5-10H,1-4H3. The Labute approximate surface area is 107 Å². The number of imidazole rings is 1. The van der Waals surface area contributed by atoms with Crippen LogP contribution in [0.15, 0.2) is 36.7 Å². The molecule has 2 rings (SSSR count). The monoisotopic (exact) mass is 242 g/mol. The molecule has 0 atom stereocenters. The Morgan fingerprint density at radius 2 is 1.78 bits per heavy atom. The summed E-state index contributed by atoms with van der Waals surface area (Å²) in [5, 5.41) is 0. The van der Waals surface area contributed by atoms with Gasteiger partial charge in [0.05, 0.1) is 0 Å². The molecule has 0 spiro atoms. The number of carbonyl (C=O) groups excluding carboxylic acids is 1. The number of carbonyl (C=O) groups is 1. The average molecular weight is 242 g/mol. The predicted octanol–water partition coefficient (Wildman–Crippen LogP) is 3.18. The average Bonchev–Trinajstić information content (AvgIpc) is 2.73. The fourth-order valence-corrected chi connectivity index (χ4v) is 1.84. The summed E-state index contributed by atoms with van der Waals surface area (Å²) in [6.45, 7) is 8.29. The van der Waals surface area contributed by atoms with E-state index in [0.29, 0.717) is 11.4 Å². The molecule has 1 aromatic carbocycles. The van der Waals surface area contributed by atoms with Gasteiger partial charge in [0.1, 0.15) is 5.82 Å². The van der Waals surface area contributed by atoms with Crippen LogP contribution in [0.5, 0.6) is 0 Å². The van der Waals surface area contributed by atoms with Gasteiger partial charge in [-0.15, -0.1) is 0 Å². The van der Waals surface area contributed by atoms with Gasteiger partial charge in [0, 0.05) is 18.0 Å². The maximum absolute atomic E-state index is 12.2. The molecule has 3 nitrogen and oxygen atoms in total. The summed E-state index contributed by atoms with van der Waals surface area (Å²) in [7, 11) is 0. The van der Waals surface area contributed by atoms with E-state index in [1.165, 1.54) is 5.56 Å². The van der Waals surface area contributed by atoms with Crippen LogP contribution >= 0.6 is 0 Å². The third-order valence-corrected chi connectivity index (χ3v) is 3.04. The van der Waals surface area contributed by atoms with Crippen LogP contribution in [0.4, 0.5) is 0 Å². The van der Waals surface area contributed by atoms with Crippen molar-refractivity contribution in [3.8, 4) is 0 Å². The number of benzene rings is 1. The highest BCUT2D eigenvalue weighted by molar-refractivity contribution is 5.96. The van der Waals surface area contributed by atoms with Gasteiger partial charge in [0.15, 0.2) is 0 Å². The van der Waals surface area contributed by atoms with Crippen molar-refractivity contribution in [1.82, 2.24) is 9.55 Å². The molecular weight excluding hydrogens is 224 g/mol. The lowest BCUT2D eigenvalue weighted by Gasteiger charge is -2.19. The minimum Gasteiger partial charge on any atom is -0.270 e. The van der Waals surface area contributed by atoms with Gasteiger partial charge in [0.25, 0.3) is 5.91 Å². The van der Waals surface area contributed by atoms with Gasteiger partial charge in [-0.25, -0.2) is 4.98 Å². The highest BCUT2D eigenvalue weighted by atomic mass is 16.2. The molecule has 1 heterocycles. The van der Waals surface area contributed by atoms with E-state index in [1.807, 2.05) is 31.2 Å². The molecule has 0 saturated heterocycles. The third-order valence-electron chi connectivity index (χ3n) is 3.04. The zero-order chi connectivity index (χ0) is 13.3. The maximum atomic E-state index is 12.2. The van der Waals surface area contributed by atoms with E-state index in [2.05, 4.69) is 25.8 Å². The molecular formula is C15H18N2O. The van der Waals surface area contributed by atoms with Crippen molar-refractivity contribution in [3.63, 3.8) is 0 Å². The highest BCUT2D eigenvalue weighted by Gasteiger charge is 2.15. The molecule has 94 valence electrons. The molecule has 0 radical (unpaired) electrons. The minimum absolute atomic E-state index is 0.0366. The number of hydrogen-bond donors (Lipinski definition) is 0.